The first-order valence-electron chi connectivity index (χ1n) is 5.55. The summed E-state index contributed by atoms with van der Waals surface area (Å²) in [4.78, 5) is 4.60. The van der Waals surface area contributed by atoms with Gasteiger partial charge in [0.2, 0.25) is 0 Å². The highest BCUT2D eigenvalue weighted by molar-refractivity contribution is 6.35. The van der Waals surface area contributed by atoms with Crippen LogP contribution in [0.25, 0.3) is 16.9 Å². The first-order chi connectivity index (χ1) is 8.65. The largest absolute Gasteiger partial charge is 0.306 e. The molecule has 0 aliphatic heterocycles. The Labute approximate surface area is 115 Å². The minimum absolute atomic E-state index is 0.653. The SMILES string of the molecule is Cc1cccn2cc(-c3cc(Cl)ccc3Cl)nc12. The molecule has 4 heteroatoms. The molecule has 2 nitrogen and oxygen atoms in total. The number of imidazole rings is 1. The third kappa shape index (κ3) is 1.88. The Morgan fingerprint density at radius 3 is 2.78 bits per heavy atom. The van der Waals surface area contributed by atoms with E-state index < -0.39 is 0 Å². The van der Waals surface area contributed by atoms with Crippen LogP contribution in [0.4, 0.5) is 0 Å². The summed E-state index contributed by atoms with van der Waals surface area (Å²) < 4.78 is 1.99. The average Bonchev–Trinajstić information content (AvgIpc) is 2.77. The van der Waals surface area contributed by atoms with Crippen molar-refractivity contribution in [3.63, 3.8) is 0 Å². The molecule has 0 amide bonds. The summed E-state index contributed by atoms with van der Waals surface area (Å²) >= 11 is 12.2. The van der Waals surface area contributed by atoms with Gasteiger partial charge in [-0.2, -0.15) is 0 Å². The lowest BCUT2D eigenvalue weighted by molar-refractivity contribution is 1.16. The molecule has 2 aromatic heterocycles. The van der Waals surface area contributed by atoms with E-state index in [1.165, 1.54) is 0 Å². The molecule has 2 heterocycles. The number of fused-ring (bicyclic) bond motifs is 1. The Morgan fingerprint density at radius 2 is 2.00 bits per heavy atom. The van der Waals surface area contributed by atoms with Gasteiger partial charge in [0.25, 0.3) is 0 Å². The highest BCUT2D eigenvalue weighted by Gasteiger charge is 2.09. The van der Waals surface area contributed by atoms with Crippen molar-refractivity contribution in [2.75, 3.05) is 0 Å². The summed E-state index contributed by atoms with van der Waals surface area (Å²) in [6.07, 6.45) is 3.93. The van der Waals surface area contributed by atoms with Crippen LogP contribution in [-0.2, 0) is 0 Å². The Bertz CT molecular complexity index is 732. The van der Waals surface area contributed by atoms with Crippen LogP contribution in [0, 0.1) is 6.92 Å². The van der Waals surface area contributed by atoms with Crippen molar-refractivity contribution in [2.45, 2.75) is 6.92 Å². The molecule has 0 saturated heterocycles. The second kappa shape index (κ2) is 4.30. The molecule has 0 aliphatic rings. The summed E-state index contributed by atoms with van der Waals surface area (Å²) in [5.74, 6) is 0. The van der Waals surface area contributed by atoms with Gasteiger partial charge < -0.3 is 4.40 Å². The molecule has 3 aromatic rings. The van der Waals surface area contributed by atoms with E-state index in [0.29, 0.717) is 10.0 Å². The summed E-state index contributed by atoms with van der Waals surface area (Å²) in [6.45, 7) is 2.03. The van der Waals surface area contributed by atoms with Crippen molar-refractivity contribution in [3.8, 4) is 11.3 Å². The normalized spacial score (nSPS) is 11.1. The molecule has 0 saturated carbocycles. The monoisotopic (exact) mass is 276 g/mol. The zero-order valence-electron chi connectivity index (χ0n) is 9.69. The third-order valence-electron chi connectivity index (χ3n) is 2.88. The molecule has 0 atom stereocenters. The zero-order chi connectivity index (χ0) is 12.7. The maximum atomic E-state index is 6.19. The van der Waals surface area contributed by atoms with Crippen LogP contribution >= 0.6 is 23.2 Å². The number of benzene rings is 1. The van der Waals surface area contributed by atoms with E-state index in [4.69, 9.17) is 23.2 Å². The Balaban J connectivity index is 2.26. The minimum Gasteiger partial charge on any atom is -0.306 e. The summed E-state index contributed by atoms with van der Waals surface area (Å²) in [5.41, 5.74) is 3.74. The van der Waals surface area contributed by atoms with Crippen LogP contribution in [0.2, 0.25) is 10.0 Å². The number of aromatic nitrogens is 2. The van der Waals surface area contributed by atoms with Crippen LogP contribution in [0.1, 0.15) is 5.56 Å². The van der Waals surface area contributed by atoms with Gasteiger partial charge >= 0.3 is 0 Å². The first-order valence-corrected chi connectivity index (χ1v) is 6.30. The van der Waals surface area contributed by atoms with Crippen molar-refractivity contribution >= 4 is 28.8 Å². The van der Waals surface area contributed by atoms with Crippen molar-refractivity contribution < 1.29 is 0 Å². The van der Waals surface area contributed by atoms with Crippen LogP contribution in [-0.4, -0.2) is 9.38 Å². The van der Waals surface area contributed by atoms with Gasteiger partial charge in [-0.05, 0) is 36.8 Å². The Morgan fingerprint density at radius 1 is 1.17 bits per heavy atom. The minimum atomic E-state index is 0.653. The van der Waals surface area contributed by atoms with Gasteiger partial charge in [-0.3, -0.25) is 0 Å². The first kappa shape index (κ1) is 11.6. The number of aryl methyl sites for hydroxylation is 1. The number of rotatable bonds is 1. The molecule has 0 aliphatic carbocycles. The van der Waals surface area contributed by atoms with Crippen molar-refractivity contribution in [1.82, 2.24) is 9.38 Å². The van der Waals surface area contributed by atoms with Crippen LogP contribution < -0.4 is 0 Å². The lowest BCUT2D eigenvalue weighted by Crippen LogP contribution is -1.84. The molecule has 1 aromatic carbocycles. The number of hydrogen-bond donors (Lipinski definition) is 0. The van der Waals surface area contributed by atoms with Crippen molar-refractivity contribution in [3.05, 3.63) is 58.3 Å². The van der Waals surface area contributed by atoms with Gasteiger partial charge in [-0.25, -0.2) is 4.98 Å². The Hall–Kier alpha value is -1.51. The highest BCUT2D eigenvalue weighted by Crippen LogP contribution is 2.30. The molecule has 0 bridgehead atoms. The quantitative estimate of drug-likeness (QED) is 0.634. The summed E-state index contributed by atoms with van der Waals surface area (Å²) in [7, 11) is 0. The van der Waals surface area contributed by atoms with E-state index in [1.807, 2.05) is 41.9 Å². The van der Waals surface area contributed by atoms with Crippen molar-refractivity contribution in [2.24, 2.45) is 0 Å². The van der Waals surface area contributed by atoms with Crippen LogP contribution in [0.15, 0.2) is 42.7 Å². The molecule has 3 rings (SSSR count). The van der Waals surface area contributed by atoms with Gasteiger partial charge in [-0.1, -0.05) is 29.3 Å². The summed E-state index contributed by atoms with van der Waals surface area (Å²) in [5, 5.41) is 1.31. The maximum Gasteiger partial charge on any atom is 0.140 e. The fraction of sp³-hybridized carbons (Fsp3) is 0.0714. The second-order valence-electron chi connectivity index (χ2n) is 4.17. The van der Waals surface area contributed by atoms with Gasteiger partial charge in [0.15, 0.2) is 0 Å². The topological polar surface area (TPSA) is 17.3 Å². The van der Waals surface area contributed by atoms with Gasteiger partial charge in [0.1, 0.15) is 5.65 Å². The number of pyridine rings is 1. The predicted octanol–water partition coefficient (Wildman–Crippen LogP) is 4.62. The predicted molar refractivity (Wildman–Crippen MR) is 75.4 cm³/mol. The van der Waals surface area contributed by atoms with E-state index in [2.05, 4.69) is 4.98 Å². The molecule has 0 fully saturated rings. The zero-order valence-corrected chi connectivity index (χ0v) is 11.2. The maximum absolute atomic E-state index is 6.19. The molecule has 0 N–H and O–H groups in total. The molecule has 0 unspecified atom stereocenters. The fourth-order valence-electron chi connectivity index (χ4n) is 1.98. The molecule has 90 valence electrons. The lowest BCUT2D eigenvalue weighted by atomic mass is 10.2. The van der Waals surface area contributed by atoms with E-state index >= 15 is 0 Å². The lowest BCUT2D eigenvalue weighted by Gasteiger charge is -2.00. The van der Waals surface area contributed by atoms with Crippen LogP contribution in [0.3, 0.4) is 0 Å². The standard InChI is InChI=1S/C14H10Cl2N2/c1-9-3-2-6-18-8-13(17-14(9)18)11-7-10(15)4-5-12(11)16/h2-8H,1H3. The molecule has 18 heavy (non-hydrogen) atoms. The van der Waals surface area contributed by atoms with Gasteiger partial charge in [-0.15, -0.1) is 0 Å². The average molecular weight is 277 g/mol. The number of hydrogen-bond acceptors (Lipinski definition) is 1. The molecular formula is C14H10Cl2N2. The molecule has 0 spiro atoms. The van der Waals surface area contributed by atoms with E-state index in [-0.39, 0.29) is 0 Å². The summed E-state index contributed by atoms with van der Waals surface area (Å²) in [6, 6.07) is 9.42. The molecule has 0 radical (unpaired) electrons. The second-order valence-corrected chi connectivity index (χ2v) is 5.02. The van der Waals surface area contributed by atoms with Gasteiger partial charge in [0, 0.05) is 23.0 Å². The number of halogens is 2. The van der Waals surface area contributed by atoms with E-state index in [9.17, 15) is 0 Å². The van der Waals surface area contributed by atoms with E-state index in [1.54, 1.807) is 12.1 Å². The van der Waals surface area contributed by atoms with E-state index in [0.717, 1.165) is 22.5 Å². The third-order valence-corrected chi connectivity index (χ3v) is 3.45. The fourth-order valence-corrected chi connectivity index (χ4v) is 2.36. The van der Waals surface area contributed by atoms with Gasteiger partial charge in [0.05, 0.1) is 10.7 Å². The number of nitrogens with zero attached hydrogens (tertiary/aromatic N) is 2. The smallest absolute Gasteiger partial charge is 0.140 e. The Kier molecular flexibility index (Phi) is 2.77. The van der Waals surface area contributed by atoms with Crippen LogP contribution in [0.5, 0.6) is 0 Å². The molecular weight excluding hydrogens is 267 g/mol. The highest BCUT2D eigenvalue weighted by atomic mass is 35.5. The van der Waals surface area contributed by atoms with Crippen molar-refractivity contribution in [1.29, 1.82) is 0 Å².